The quantitative estimate of drug-likeness (QED) is 0.663. The lowest BCUT2D eigenvalue weighted by atomic mass is 10.3. The van der Waals surface area contributed by atoms with Gasteiger partial charge in [-0.25, -0.2) is 0 Å². The molecular weight excluding hydrogens is 270 g/mol. The molecule has 0 radical (unpaired) electrons. The van der Waals surface area contributed by atoms with E-state index >= 15 is 0 Å². The third kappa shape index (κ3) is 3.34. The van der Waals surface area contributed by atoms with Gasteiger partial charge in [0.05, 0.1) is 0 Å². The predicted molar refractivity (Wildman–Crippen MR) is 76.9 cm³/mol. The van der Waals surface area contributed by atoms with Crippen LogP contribution < -0.4 is 5.32 Å². The van der Waals surface area contributed by atoms with E-state index in [1.165, 1.54) is 0 Å². The Balaban J connectivity index is 1.91. The van der Waals surface area contributed by atoms with Crippen molar-refractivity contribution in [1.29, 1.82) is 0 Å². The molecule has 18 heavy (non-hydrogen) atoms. The van der Waals surface area contributed by atoms with Crippen molar-refractivity contribution in [3.63, 3.8) is 0 Å². The molecule has 0 spiro atoms. The molecule has 1 aliphatic heterocycles. The number of halogens is 1. The fourth-order valence-electron chi connectivity index (χ4n) is 1.80. The van der Waals surface area contributed by atoms with Gasteiger partial charge in [0.25, 0.3) is 0 Å². The third-order valence-electron chi connectivity index (χ3n) is 2.83. The van der Waals surface area contributed by atoms with Crippen LogP contribution in [-0.4, -0.2) is 47.5 Å². The number of rotatable bonds is 2. The highest BCUT2D eigenvalue weighted by atomic mass is 35.5. The van der Waals surface area contributed by atoms with Gasteiger partial charge >= 0.3 is 0 Å². The first-order valence-electron chi connectivity index (χ1n) is 5.70. The number of carbonyl (C=O) groups is 1. The average molecular weight is 284 g/mol. The summed E-state index contributed by atoms with van der Waals surface area (Å²) in [5, 5.41) is 4.50. The molecule has 96 valence electrons. The molecule has 1 heterocycles. The van der Waals surface area contributed by atoms with E-state index in [0.717, 1.165) is 25.2 Å². The fraction of sp³-hybridized carbons (Fsp3) is 0.333. The Morgan fingerprint density at radius 3 is 2.67 bits per heavy atom. The van der Waals surface area contributed by atoms with Crippen molar-refractivity contribution < 1.29 is 4.79 Å². The molecule has 6 heteroatoms. The number of benzene rings is 1. The van der Waals surface area contributed by atoms with Crippen LogP contribution in [0.25, 0.3) is 0 Å². The highest BCUT2D eigenvalue weighted by molar-refractivity contribution is 7.80. The minimum atomic E-state index is 0.669. The predicted octanol–water partition coefficient (Wildman–Crippen LogP) is 1.81. The molecular formula is C12H14ClN3OS. The molecule has 0 saturated carbocycles. The van der Waals surface area contributed by atoms with Crippen molar-refractivity contribution in [2.75, 3.05) is 31.5 Å². The van der Waals surface area contributed by atoms with Crippen LogP contribution in [0.1, 0.15) is 0 Å². The molecule has 0 aliphatic carbocycles. The summed E-state index contributed by atoms with van der Waals surface area (Å²) < 4.78 is 0. The zero-order chi connectivity index (χ0) is 13.0. The third-order valence-corrected chi connectivity index (χ3v) is 3.42. The SMILES string of the molecule is O=CN1CCN(C(=S)Nc2cccc(Cl)c2)CC1. The number of anilines is 1. The van der Waals surface area contributed by atoms with E-state index in [2.05, 4.69) is 10.2 Å². The summed E-state index contributed by atoms with van der Waals surface area (Å²) in [6, 6.07) is 7.44. The number of amides is 1. The summed E-state index contributed by atoms with van der Waals surface area (Å²) in [4.78, 5) is 14.4. The molecule has 1 aromatic carbocycles. The van der Waals surface area contributed by atoms with Crippen LogP contribution in [0.3, 0.4) is 0 Å². The molecule has 4 nitrogen and oxygen atoms in total. The van der Waals surface area contributed by atoms with Crippen LogP contribution >= 0.6 is 23.8 Å². The molecule has 1 fully saturated rings. The van der Waals surface area contributed by atoms with E-state index in [4.69, 9.17) is 23.8 Å². The van der Waals surface area contributed by atoms with Gasteiger partial charge in [-0.3, -0.25) is 4.79 Å². The van der Waals surface area contributed by atoms with Gasteiger partial charge in [0.1, 0.15) is 0 Å². The Morgan fingerprint density at radius 2 is 2.06 bits per heavy atom. The van der Waals surface area contributed by atoms with Crippen molar-refractivity contribution in [2.45, 2.75) is 0 Å². The zero-order valence-electron chi connectivity index (χ0n) is 9.80. The van der Waals surface area contributed by atoms with E-state index in [1.807, 2.05) is 24.3 Å². The van der Waals surface area contributed by atoms with E-state index in [0.29, 0.717) is 23.2 Å². The maximum absolute atomic E-state index is 10.6. The standard InChI is InChI=1S/C12H14ClN3OS/c13-10-2-1-3-11(8-10)14-12(18)16-6-4-15(9-17)5-7-16/h1-3,8-9H,4-7H2,(H,14,18). The summed E-state index contributed by atoms with van der Waals surface area (Å²) in [5.74, 6) is 0. The molecule has 2 rings (SSSR count). The van der Waals surface area contributed by atoms with Crippen molar-refractivity contribution in [1.82, 2.24) is 9.80 Å². The van der Waals surface area contributed by atoms with E-state index in [1.54, 1.807) is 4.90 Å². The molecule has 0 atom stereocenters. The van der Waals surface area contributed by atoms with Gasteiger partial charge in [0.2, 0.25) is 6.41 Å². The Morgan fingerprint density at radius 1 is 1.33 bits per heavy atom. The fourth-order valence-corrected chi connectivity index (χ4v) is 2.29. The molecule has 1 N–H and O–H groups in total. The van der Waals surface area contributed by atoms with Crippen LogP contribution in [0.2, 0.25) is 5.02 Å². The second kappa shape index (κ2) is 6.02. The zero-order valence-corrected chi connectivity index (χ0v) is 11.4. The van der Waals surface area contributed by atoms with Gasteiger partial charge < -0.3 is 15.1 Å². The topological polar surface area (TPSA) is 35.6 Å². The summed E-state index contributed by atoms with van der Waals surface area (Å²) >= 11 is 11.2. The van der Waals surface area contributed by atoms with Crippen LogP contribution in [-0.2, 0) is 4.79 Å². The van der Waals surface area contributed by atoms with E-state index < -0.39 is 0 Å². The molecule has 0 bridgehead atoms. The van der Waals surface area contributed by atoms with Gasteiger partial charge in [-0.05, 0) is 30.4 Å². The molecule has 1 amide bonds. The summed E-state index contributed by atoms with van der Waals surface area (Å²) in [7, 11) is 0. The number of piperazine rings is 1. The van der Waals surface area contributed by atoms with Crippen molar-refractivity contribution in [2.24, 2.45) is 0 Å². The largest absolute Gasteiger partial charge is 0.345 e. The van der Waals surface area contributed by atoms with Crippen molar-refractivity contribution >= 4 is 41.0 Å². The molecule has 1 saturated heterocycles. The highest BCUT2D eigenvalue weighted by Crippen LogP contribution is 2.15. The maximum Gasteiger partial charge on any atom is 0.209 e. The normalized spacial score (nSPS) is 15.4. The molecule has 0 unspecified atom stereocenters. The lowest BCUT2D eigenvalue weighted by Gasteiger charge is -2.34. The lowest BCUT2D eigenvalue weighted by molar-refractivity contribution is -0.119. The molecule has 0 aromatic heterocycles. The number of hydrogen-bond donors (Lipinski definition) is 1. The van der Waals surface area contributed by atoms with Crippen LogP contribution in [0, 0.1) is 0 Å². The molecule has 1 aromatic rings. The van der Waals surface area contributed by atoms with Crippen LogP contribution in [0.15, 0.2) is 24.3 Å². The maximum atomic E-state index is 10.6. The minimum Gasteiger partial charge on any atom is -0.345 e. The highest BCUT2D eigenvalue weighted by Gasteiger charge is 2.17. The lowest BCUT2D eigenvalue weighted by Crippen LogP contribution is -2.49. The van der Waals surface area contributed by atoms with Crippen molar-refractivity contribution in [3.05, 3.63) is 29.3 Å². The summed E-state index contributed by atoms with van der Waals surface area (Å²) in [6.45, 7) is 2.93. The van der Waals surface area contributed by atoms with Gasteiger partial charge in [-0.2, -0.15) is 0 Å². The average Bonchev–Trinajstić information content (AvgIpc) is 2.39. The van der Waals surface area contributed by atoms with E-state index in [9.17, 15) is 4.79 Å². The second-order valence-corrected chi connectivity index (χ2v) is 4.89. The Bertz CT molecular complexity index is 447. The first-order valence-corrected chi connectivity index (χ1v) is 6.48. The summed E-state index contributed by atoms with van der Waals surface area (Å²) in [5.41, 5.74) is 0.880. The number of hydrogen-bond acceptors (Lipinski definition) is 2. The van der Waals surface area contributed by atoms with Gasteiger partial charge in [-0.15, -0.1) is 0 Å². The van der Waals surface area contributed by atoms with Crippen LogP contribution in [0.5, 0.6) is 0 Å². The van der Waals surface area contributed by atoms with Gasteiger partial charge in [-0.1, -0.05) is 17.7 Å². The van der Waals surface area contributed by atoms with Crippen LogP contribution in [0.4, 0.5) is 5.69 Å². The van der Waals surface area contributed by atoms with Gasteiger partial charge in [0, 0.05) is 36.9 Å². The molecule has 1 aliphatic rings. The van der Waals surface area contributed by atoms with E-state index in [-0.39, 0.29) is 0 Å². The Labute approximate surface area is 117 Å². The van der Waals surface area contributed by atoms with Crippen molar-refractivity contribution in [3.8, 4) is 0 Å². The monoisotopic (exact) mass is 283 g/mol. The second-order valence-electron chi connectivity index (χ2n) is 4.07. The smallest absolute Gasteiger partial charge is 0.209 e. The first kappa shape index (κ1) is 13.1. The number of nitrogens with one attached hydrogen (secondary N) is 1. The number of carbonyl (C=O) groups excluding carboxylic acids is 1. The summed E-state index contributed by atoms with van der Waals surface area (Å²) in [6.07, 6.45) is 0.880. The van der Waals surface area contributed by atoms with Gasteiger partial charge in [0.15, 0.2) is 5.11 Å². The number of thiocarbonyl (C=S) groups is 1. The Hall–Kier alpha value is -1.33. The minimum absolute atomic E-state index is 0.669. The Kier molecular flexibility index (Phi) is 4.38. The first-order chi connectivity index (χ1) is 8.69. The number of nitrogens with zero attached hydrogens (tertiary/aromatic N) is 2.